The lowest BCUT2D eigenvalue weighted by Crippen LogP contribution is -2.47. The number of ether oxygens (including phenoxy) is 1. The maximum Gasteiger partial charge on any atom is 0.230 e. The maximum atomic E-state index is 12.6. The monoisotopic (exact) mass is 490 g/mol. The Morgan fingerprint density at radius 1 is 1.12 bits per heavy atom. The molecule has 34 heavy (non-hydrogen) atoms. The molecule has 2 aromatic carbocycles. The third-order valence-electron chi connectivity index (χ3n) is 5.69. The zero-order chi connectivity index (χ0) is 23.2. The standard InChI is InChI=1S/C26H26N4O2S2/c31-24(27-14-21-16-30(11-12-32-21)15-19-7-3-1-4-8-19)17-33-25-22-13-23(20-9-5-2-6-10-20)34-26(22)29-18-28-25/h1-10,13,18,21H,11-12,14-17H2,(H,27,31)/t21-/m0/s1. The minimum Gasteiger partial charge on any atom is -0.374 e. The van der Waals surface area contributed by atoms with Crippen LogP contribution in [-0.2, 0) is 16.1 Å². The number of rotatable bonds is 8. The van der Waals surface area contributed by atoms with Crippen LogP contribution in [0.4, 0.5) is 0 Å². The molecular formula is C26H26N4O2S2. The average Bonchev–Trinajstić information content (AvgIpc) is 3.33. The van der Waals surface area contributed by atoms with Crippen molar-refractivity contribution in [3.8, 4) is 10.4 Å². The smallest absolute Gasteiger partial charge is 0.230 e. The van der Waals surface area contributed by atoms with Crippen molar-refractivity contribution in [1.29, 1.82) is 0 Å². The highest BCUT2D eigenvalue weighted by Crippen LogP contribution is 2.35. The molecule has 1 saturated heterocycles. The highest BCUT2D eigenvalue weighted by atomic mass is 32.2. The second-order valence-corrected chi connectivity index (χ2v) is 10.2. The van der Waals surface area contributed by atoms with Crippen LogP contribution in [0.15, 0.2) is 78.1 Å². The fraction of sp³-hybridized carbons (Fsp3) is 0.269. The lowest BCUT2D eigenvalue weighted by Gasteiger charge is -2.33. The fourth-order valence-electron chi connectivity index (χ4n) is 4.00. The van der Waals surface area contributed by atoms with Crippen LogP contribution in [0.2, 0.25) is 0 Å². The molecule has 1 N–H and O–H groups in total. The van der Waals surface area contributed by atoms with Crippen LogP contribution < -0.4 is 5.32 Å². The van der Waals surface area contributed by atoms with Crippen LogP contribution in [0, 0.1) is 0 Å². The summed E-state index contributed by atoms with van der Waals surface area (Å²) in [6, 6.07) is 22.8. The Hall–Kier alpha value is -2.78. The Morgan fingerprint density at radius 2 is 1.91 bits per heavy atom. The van der Waals surface area contributed by atoms with E-state index in [0.29, 0.717) is 18.9 Å². The second kappa shape index (κ2) is 11.1. The second-order valence-electron chi connectivity index (χ2n) is 8.18. The molecule has 0 spiro atoms. The number of hydrogen-bond acceptors (Lipinski definition) is 7. The number of benzene rings is 2. The SMILES string of the molecule is O=C(CSc1ncnc2sc(-c3ccccc3)cc12)NC[C@H]1CN(Cc2ccccc2)CCO1. The summed E-state index contributed by atoms with van der Waals surface area (Å²) in [6.07, 6.45) is 1.58. The molecule has 6 nitrogen and oxygen atoms in total. The van der Waals surface area contributed by atoms with Crippen LogP contribution in [0.25, 0.3) is 20.7 Å². The summed E-state index contributed by atoms with van der Waals surface area (Å²) in [6.45, 7) is 3.82. The Balaban J connectivity index is 1.13. The largest absolute Gasteiger partial charge is 0.374 e. The van der Waals surface area contributed by atoms with Gasteiger partial charge in [-0.25, -0.2) is 9.97 Å². The first kappa shape index (κ1) is 23.0. The molecule has 5 rings (SSSR count). The Morgan fingerprint density at radius 3 is 2.74 bits per heavy atom. The maximum absolute atomic E-state index is 12.6. The summed E-state index contributed by atoms with van der Waals surface area (Å²) in [4.78, 5) is 25.9. The predicted molar refractivity (Wildman–Crippen MR) is 138 cm³/mol. The number of amides is 1. The molecule has 1 fully saturated rings. The predicted octanol–water partition coefficient (Wildman–Crippen LogP) is 4.47. The van der Waals surface area contributed by atoms with Gasteiger partial charge < -0.3 is 10.1 Å². The lowest BCUT2D eigenvalue weighted by atomic mass is 10.2. The zero-order valence-electron chi connectivity index (χ0n) is 18.7. The molecule has 1 amide bonds. The summed E-state index contributed by atoms with van der Waals surface area (Å²) in [7, 11) is 0. The number of thiophene rings is 1. The van der Waals surface area contributed by atoms with Crippen molar-refractivity contribution in [1.82, 2.24) is 20.2 Å². The van der Waals surface area contributed by atoms with E-state index in [9.17, 15) is 4.79 Å². The number of thioether (sulfide) groups is 1. The number of hydrogen-bond donors (Lipinski definition) is 1. The normalized spacial score (nSPS) is 16.5. The van der Waals surface area contributed by atoms with E-state index >= 15 is 0 Å². The molecule has 2 aromatic heterocycles. The van der Waals surface area contributed by atoms with Gasteiger partial charge in [-0.2, -0.15) is 0 Å². The molecule has 1 atom stereocenters. The minimum atomic E-state index is -0.0148. The fourth-order valence-corrected chi connectivity index (χ4v) is 5.87. The first-order valence-corrected chi connectivity index (χ1v) is 13.1. The van der Waals surface area contributed by atoms with E-state index < -0.39 is 0 Å². The number of nitrogens with zero attached hydrogens (tertiary/aromatic N) is 3. The van der Waals surface area contributed by atoms with Crippen molar-refractivity contribution in [3.63, 3.8) is 0 Å². The van der Waals surface area contributed by atoms with Gasteiger partial charge in [-0.15, -0.1) is 11.3 Å². The Labute approximate surface area is 207 Å². The zero-order valence-corrected chi connectivity index (χ0v) is 20.4. The molecule has 1 aliphatic rings. The van der Waals surface area contributed by atoms with Crippen LogP contribution in [0.3, 0.4) is 0 Å². The summed E-state index contributed by atoms with van der Waals surface area (Å²) in [5, 5.41) is 4.87. The molecule has 0 saturated carbocycles. The minimum absolute atomic E-state index is 0.00229. The van der Waals surface area contributed by atoms with Gasteiger partial charge in [0.1, 0.15) is 16.2 Å². The van der Waals surface area contributed by atoms with Crippen molar-refractivity contribution in [2.75, 3.05) is 32.0 Å². The molecule has 0 unspecified atom stereocenters. The van der Waals surface area contributed by atoms with Crippen molar-refractivity contribution < 1.29 is 9.53 Å². The highest BCUT2D eigenvalue weighted by molar-refractivity contribution is 8.00. The van der Waals surface area contributed by atoms with E-state index in [1.165, 1.54) is 17.3 Å². The van der Waals surface area contributed by atoms with Crippen molar-refractivity contribution in [2.45, 2.75) is 17.7 Å². The van der Waals surface area contributed by atoms with Gasteiger partial charge in [0.15, 0.2) is 0 Å². The Bertz CT molecular complexity index is 1230. The summed E-state index contributed by atoms with van der Waals surface area (Å²) in [5.74, 6) is 0.294. The third-order valence-corrected chi connectivity index (χ3v) is 7.79. The first-order chi connectivity index (χ1) is 16.7. The van der Waals surface area contributed by atoms with Gasteiger partial charge in [0.05, 0.1) is 18.5 Å². The van der Waals surface area contributed by atoms with E-state index in [2.05, 4.69) is 62.6 Å². The number of fused-ring (bicyclic) bond motifs is 1. The van der Waals surface area contributed by atoms with Crippen LogP contribution in [0.5, 0.6) is 0 Å². The van der Waals surface area contributed by atoms with E-state index in [1.807, 2.05) is 24.3 Å². The van der Waals surface area contributed by atoms with Crippen LogP contribution in [-0.4, -0.2) is 58.9 Å². The number of morpholine rings is 1. The van der Waals surface area contributed by atoms with Crippen LogP contribution in [0.1, 0.15) is 5.56 Å². The summed E-state index contributed by atoms with van der Waals surface area (Å²) >= 11 is 3.09. The molecule has 0 aliphatic carbocycles. The van der Waals surface area contributed by atoms with Gasteiger partial charge in [-0.3, -0.25) is 9.69 Å². The van der Waals surface area contributed by atoms with Gasteiger partial charge in [0.2, 0.25) is 5.91 Å². The molecule has 174 valence electrons. The molecule has 3 heterocycles. The van der Waals surface area contributed by atoms with E-state index in [0.717, 1.165) is 45.3 Å². The van der Waals surface area contributed by atoms with Gasteiger partial charge in [0.25, 0.3) is 0 Å². The first-order valence-electron chi connectivity index (χ1n) is 11.3. The summed E-state index contributed by atoms with van der Waals surface area (Å²) in [5.41, 5.74) is 2.46. The van der Waals surface area contributed by atoms with Gasteiger partial charge >= 0.3 is 0 Å². The van der Waals surface area contributed by atoms with Gasteiger partial charge in [-0.05, 0) is 17.2 Å². The topological polar surface area (TPSA) is 67.4 Å². The molecular weight excluding hydrogens is 464 g/mol. The molecule has 1 aliphatic heterocycles. The number of aromatic nitrogens is 2. The molecule has 0 radical (unpaired) electrons. The van der Waals surface area contributed by atoms with E-state index in [1.54, 1.807) is 17.7 Å². The molecule has 4 aromatic rings. The lowest BCUT2D eigenvalue weighted by molar-refractivity contribution is -0.119. The van der Waals surface area contributed by atoms with E-state index in [4.69, 9.17) is 4.74 Å². The number of nitrogens with one attached hydrogen (secondary N) is 1. The van der Waals surface area contributed by atoms with Crippen molar-refractivity contribution in [3.05, 3.63) is 78.6 Å². The van der Waals surface area contributed by atoms with Crippen LogP contribution >= 0.6 is 23.1 Å². The average molecular weight is 491 g/mol. The number of carbonyl (C=O) groups is 1. The quantitative estimate of drug-likeness (QED) is 0.290. The summed E-state index contributed by atoms with van der Waals surface area (Å²) < 4.78 is 5.88. The highest BCUT2D eigenvalue weighted by Gasteiger charge is 2.21. The molecule has 8 heteroatoms. The number of carbonyl (C=O) groups excluding carboxylic acids is 1. The molecule has 0 bridgehead atoms. The Kier molecular flexibility index (Phi) is 7.50. The van der Waals surface area contributed by atoms with E-state index in [-0.39, 0.29) is 12.0 Å². The van der Waals surface area contributed by atoms with Gasteiger partial charge in [0, 0.05) is 36.4 Å². The van der Waals surface area contributed by atoms with Crippen molar-refractivity contribution >= 4 is 39.2 Å². The third kappa shape index (κ3) is 5.82. The van der Waals surface area contributed by atoms with Gasteiger partial charge in [-0.1, -0.05) is 72.4 Å². The van der Waals surface area contributed by atoms with Crippen molar-refractivity contribution in [2.24, 2.45) is 0 Å².